The second-order valence-electron chi connectivity index (χ2n) is 14.7. The molecule has 4 nitrogen and oxygen atoms in total. The minimum absolute atomic E-state index is 0.315. The van der Waals surface area contributed by atoms with Crippen LogP contribution >= 0.6 is 11.6 Å². The molecule has 0 aliphatic heterocycles. The van der Waals surface area contributed by atoms with E-state index < -0.39 is 11.9 Å². The van der Waals surface area contributed by atoms with E-state index in [0.29, 0.717) is 18.1 Å². The first-order chi connectivity index (χ1) is 28.0. The Morgan fingerprint density at radius 1 is 0.814 bits per heavy atom. The predicted molar refractivity (Wildman–Crippen MR) is 258 cm³/mol. The summed E-state index contributed by atoms with van der Waals surface area (Å²) in [5.41, 5.74) is 7.43. The standard InChI is InChI=1S/C25H34ClN.C9H14F3N.2C6H14O.C5H10/c1-6-9-11-20(14-13-18(4)8-3)19(5)25-22(12-10-7-2)23-17-21(26)15-16-24(23)27-25;1-4-6-7(3)13-8(5-2)9(10,11)12;2*1-3-5-7-6-4-2;1-4-5(2)3/h11,13-17,19,27H,4,6-10,12H2,1-3,5H3;5H,4,6H2,1-3H3;2*3-6H2,1-2H3;2,4H2,1,3H3/b14-13-,20-11+;8-5-,13-7?;;;/t19-;;;;/m0..../s1. The SMILES string of the molecule is C/C=C(\N=C(C)CCC)C(F)(F)F.C=C(/C=C\C(=C/CCC)[C@H](C)c1[nH]c2ccc(Cl)cc2c1CCCC)CC.C=C(C)CC.CCCOCCC.CCCOCCC. The van der Waals surface area contributed by atoms with Crippen molar-refractivity contribution in [2.75, 3.05) is 26.4 Å². The van der Waals surface area contributed by atoms with Gasteiger partial charge in [-0.1, -0.05) is 142 Å². The molecule has 1 atom stereocenters. The lowest BCUT2D eigenvalue weighted by atomic mass is 9.90. The number of H-pyrrole nitrogens is 1. The van der Waals surface area contributed by atoms with Crippen LogP contribution in [0.25, 0.3) is 10.9 Å². The zero-order valence-corrected chi connectivity index (χ0v) is 40.6. The van der Waals surface area contributed by atoms with Gasteiger partial charge in [0, 0.05) is 59.7 Å². The third-order valence-electron chi connectivity index (χ3n) is 8.73. The minimum Gasteiger partial charge on any atom is -0.381 e. The first-order valence-corrected chi connectivity index (χ1v) is 22.8. The van der Waals surface area contributed by atoms with Crippen molar-refractivity contribution in [2.45, 2.75) is 186 Å². The predicted octanol–water partition coefficient (Wildman–Crippen LogP) is 17.8. The Morgan fingerprint density at radius 3 is 1.76 bits per heavy atom. The van der Waals surface area contributed by atoms with Gasteiger partial charge in [0.25, 0.3) is 0 Å². The van der Waals surface area contributed by atoms with E-state index >= 15 is 0 Å². The molecule has 0 unspecified atom stereocenters. The van der Waals surface area contributed by atoms with Crippen LogP contribution in [0.4, 0.5) is 13.2 Å². The minimum atomic E-state index is -4.33. The van der Waals surface area contributed by atoms with Crippen molar-refractivity contribution in [3.05, 3.63) is 94.4 Å². The summed E-state index contributed by atoms with van der Waals surface area (Å²) in [6.07, 6.45) is 17.2. The molecule has 2 rings (SSSR count). The van der Waals surface area contributed by atoms with Gasteiger partial charge < -0.3 is 14.5 Å². The number of benzene rings is 1. The van der Waals surface area contributed by atoms with Gasteiger partial charge >= 0.3 is 6.18 Å². The van der Waals surface area contributed by atoms with Gasteiger partial charge in [-0.05, 0) is 114 Å². The molecule has 59 heavy (non-hydrogen) atoms. The number of nitrogens with one attached hydrogen (secondary N) is 1. The molecule has 1 heterocycles. The molecule has 0 amide bonds. The number of nitrogens with zero attached hydrogens (tertiary/aromatic N) is 1. The van der Waals surface area contributed by atoms with Gasteiger partial charge in [0.15, 0.2) is 0 Å². The smallest absolute Gasteiger partial charge is 0.381 e. The number of aliphatic imine (C=N–C) groups is 1. The van der Waals surface area contributed by atoms with Crippen molar-refractivity contribution in [1.29, 1.82) is 0 Å². The van der Waals surface area contributed by atoms with Crippen LogP contribution in [0.2, 0.25) is 5.02 Å². The number of aromatic nitrogens is 1. The molecular formula is C51H86ClF3N2O2. The molecule has 0 bridgehead atoms. The molecule has 1 aromatic carbocycles. The van der Waals surface area contributed by atoms with E-state index in [-0.39, 0.29) is 0 Å². The summed E-state index contributed by atoms with van der Waals surface area (Å²) >= 11 is 6.30. The number of aromatic amines is 1. The maximum atomic E-state index is 12.1. The zero-order valence-electron chi connectivity index (χ0n) is 39.8. The van der Waals surface area contributed by atoms with E-state index in [1.165, 1.54) is 58.6 Å². The fourth-order valence-electron chi connectivity index (χ4n) is 5.13. The molecule has 0 saturated carbocycles. The second-order valence-corrected chi connectivity index (χ2v) is 15.1. The monoisotopic (exact) mass is 851 g/mol. The van der Waals surface area contributed by atoms with Crippen molar-refractivity contribution in [2.24, 2.45) is 4.99 Å². The Labute approximate surface area is 366 Å². The molecule has 0 spiro atoms. The van der Waals surface area contributed by atoms with Crippen LogP contribution in [-0.2, 0) is 15.9 Å². The summed E-state index contributed by atoms with van der Waals surface area (Å²) in [5.74, 6) is 0.315. The van der Waals surface area contributed by atoms with E-state index in [4.69, 9.17) is 21.1 Å². The van der Waals surface area contributed by atoms with Crippen molar-refractivity contribution in [3.63, 3.8) is 0 Å². The molecule has 0 aliphatic carbocycles. The average molecular weight is 852 g/mol. The Hall–Kier alpha value is -2.87. The summed E-state index contributed by atoms with van der Waals surface area (Å²) in [6.45, 7) is 37.9. The van der Waals surface area contributed by atoms with Crippen molar-refractivity contribution in [3.8, 4) is 0 Å². The lowest BCUT2D eigenvalue weighted by molar-refractivity contribution is -0.0924. The molecule has 2 aromatic rings. The van der Waals surface area contributed by atoms with Crippen LogP contribution in [0.3, 0.4) is 0 Å². The lowest BCUT2D eigenvalue weighted by Crippen LogP contribution is -2.11. The largest absolute Gasteiger partial charge is 0.432 e. The van der Waals surface area contributed by atoms with E-state index in [0.717, 1.165) is 102 Å². The van der Waals surface area contributed by atoms with Gasteiger partial charge in [-0.25, -0.2) is 0 Å². The third-order valence-corrected chi connectivity index (χ3v) is 8.97. The molecule has 1 N–H and O–H groups in total. The number of fused-ring (bicyclic) bond motifs is 1. The molecule has 1 aromatic heterocycles. The second kappa shape index (κ2) is 39.3. The van der Waals surface area contributed by atoms with E-state index in [1.807, 2.05) is 19.9 Å². The van der Waals surface area contributed by atoms with Gasteiger partial charge in [-0.3, -0.25) is 4.99 Å². The molecular weight excluding hydrogens is 765 g/mol. The number of alkyl halides is 3. The zero-order chi connectivity index (χ0) is 45.6. The molecule has 0 fully saturated rings. The van der Waals surface area contributed by atoms with E-state index in [9.17, 15) is 13.2 Å². The highest BCUT2D eigenvalue weighted by atomic mass is 35.5. The topological polar surface area (TPSA) is 46.6 Å². The number of rotatable bonds is 22. The molecule has 0 radical (unpaired) electrons. The van der Waals surface area contributed by atoms with Gasteiger partial charge in [-0.15, -0.1) is 6.58 Å². The number of halogens is 4. The number of unbranched alkanes of at least 4 members (excludes halogenated alkanes) is 2. The lowest BCUT2D eigenvalue weighted by Gasteiger charge is -2.15. The van der Waals surface area contributed by atoms with Gasteiger partial charge in [-0.2, -0.15) is 13.2 Å². The Morgan fingerprint density at radius 2 is 1.36 bits per heavy atom. The first kappa shape index (κ1) is 60.4. The highest BCUT2D eigenvalue weighted by Crippen LogP contribution is 2.35. The number of ether oxygens (including phenoxy) is 2. The number of hydrogen-bond donors (Lipinski definition) is 1. The van der Waals surface area contributed by atoms with Gasteiger partial charge in [0.1, 0.15) is 5.70 Å². The Bertz CT molecular complexity index is 1470. The van der Waals surface area contributed by atoms with Gasteiger partial charge in [0.2, 0.25) is 0 Å². The maximum absolute atomic E-state index is 12.1. The van der Waals surface area contributed by atoms with Crippen LogP contribution in [0, 0.1) is 0 Å². The fourth-order valence-corrected chi connectivity index (χ4v) is 5.30. The van der Waals surface area contributed by atoms with Crippen molar-refractivity contribution < 1.29 is 22.6 Å². The summed E-state index contributed by atoms with van der Waals surface area (Å²) in [6, 6.07) is 6.18. The average Bonchev–Trinajstić information content (AvgIpc) is 3.57. The van der Waals surface area contributed by atoms with Crippen LogP contribution < -0.4 is 0 Å². The van der Waals surface area contributed by atoms with E-state index in [2.05, 4.69) is 116 Å². The number of allylic oxidation sites excluding steroid dienone is 8. The van der Waals surface area contributed by atoms with Crippen molar-refractivity contribution in [1.82, 2.24) is 4.98 Å². The van der Waals surface area contributed by atoms with E-state index in [1.54, 1.807) is 6.92 Å². The van der Waals surface area contributed by atoms with Crippen LogP contribution in [0.15, 0.2) is 83.1 Å². The summed E-state index contributed by atoms with van der Waals surface area (Å²) < 4.78 is 46.7. The molecule has 340 valence electrons. The van der Waals surface area contributed by atoms with Gasteiger partial charge in [0.05, 0.1) is 0 Å². The van der Waals surface area contributed by atoms with Crippen molar-refractivity contribution >= 4 is 28.2 Å². The first-order valence-electron chi connectivity index (χ1n) is 22.5. The quantitative estimate of drug-likeness (QED) is 0.0555. The fraction of sp³-hybridized carbons (Fsp3) is 0.627. The van der Waals surface area contributed by atoms with Crippen LogP contribution in [-0.4, -0.2) is 43.3 Å². The molecule has 0 saturated heterocycles. The normalized spacial score (nSPS) is 12.4. The Kier molecular flexibility index (Phi) is 40.2. The summed E-state index contributed by atoms with van der Waals surface area (Å²) in [5, 5.41) is 2.08. The maximum Gasteiger partial charge on any atom is 0.432 e. The molecule has 0 aliphatic rings. The summed E-state index contributed by atoms with van der Waals surface area (Å²) in [7, 11) is 0. The van der Waals surface area contributed by atoms with Crippen LogP contribution in [0.1, 0.15) is 184 Å². The summed E-state index contributed by atoms with van der Waals surface area (Å²) in [4.78, 5) is 7.21. The highest BCUT2D eigenvalue weighted by molar-refractivity contribution is 6.31. The number of hydrogen-bond acceptors (Lipinski definition) is 3. The highest BCUT2D eigenvalue weighted by Gasteiger charge is 2.33. The molecule has 8 heteroatoms. The Balaban J connectivity index is -0.000000807. The number of aryl methyl sites for hydroxylation is 1. The third kappa shape index (κ3) is 31.6. The van der Waals surface area contributed by atoms with Crippen LogP contribution in [0.5, 0.6) is 0 Å².